The van der Waals surface area contributed by atoms with Crippen LogP contribution in [0.4, 0.5) is 11.4 Å². The minimum absolute atomic E-state index is 0.143. The molecule has 6 nitrogen and oxygen atoms in total. The van der Waals surface area contributed by atoms with Crippen LogP contribution in [0.2, 0.25) is 5.02 Å². The van der Waals surface area contributed by atoms with Crippen LogP contribution in [0.5, 0.6) is 0 Å². The highest BCUT2D eigenvalue weighted by atomic mass is 35.5. The molecule has 7 heteroatoms. The second-order valence-corrected chi connectivity index (χ2v) is 3.68. The van der Waals surface area contributed by atoms with Gasteiger partial charge in [0.2, 0.25) is 5.96 Å². The van der Waals surface area contributed by atoms with Crippen molar-refractivity contribution in [2.45, 2.75) is 0 Å². The van der Waals surface area contributed by atoms with Crippen molar-refractivity contribution < 1.29 is 5.21 Å². The number of hydrogen-bond acceptors (Lipinski definition) is 4. The molecule has 0 unspecified atom stereocenters. The first kappa shape index (κ1) is 11.4. The molecule has 17 heavy (non-hydrogen) atoms. The quantitative estimate of drug-likeness (QED) is 0.408. The van der Waals surface area contributed by atoms with Crippen molar-refractivity contribution in [1.29, 1.82) is 0 Å². The molecule has 2 aromatic rings. The fraction of sp³-hybridized carbons (Fsp3) is 0. The van der Waals surface area contributed by atoms with Gasteiger partial charge in [0.25, 0.3) is 0 Å². The van der Waals surface area contributed by atoms with Crippen LogP contribution in [0, 0.1) is 0 Å². The van der Waals surface area contributed by atoms with E-state index in [1.807, 2.05) is 5.48 Å². The Bertz CT molecular complexity index is 534. The molecular weight excluding hydrogens is 242 g/mol. The highest BCUT2D eigenvalue weighted by molar-refractivity contribution is 6.30. The summed E-state index contributed by atoms with van der Waals surface area (Å²) in [6, 6.07) is 6.83. The smallest absolute Gasteiger partial charge is 0.248 e. The Morgan fingerprint density at radius 3 is 2.65 bits per heavy atom. The average Bonchev–Trinajstić information content (AvgIpc) is 2.75. The predicted octanol–water partition coefficient (Wildman–Crippen LogP) is 1.63. The zero-order valence-corrected chi connectivity index (χ0v) is 9.46. The first-order valence-corrected chi connectivity index (χ1v) is 5.12. The number of nitrogens with one attached hydrogen (secondary N) is 1. The van der Waals surface area contributed by atoms with Crippen LogP contribution in [0.15, 0.2) is 41.7 Å². The summed E-state index contributed by atoms with van der Waals surface area (Å²) in [5.41, 5.74) is 8.58. The van der Waals surface area contributed by atoms with E-state index in [-0.39, 0.29) is 5.96 Å². The summed E-state index contributed by atoms with van der Waals surface area (Å²) < 4.78 is 1.32. The number of nitrogen functional groups attached to an aromatic ring is 1. The van der Waals surface area contributed by atoms with Crippen LogP contribution in [0.25, 0.3) is 0 Å². The number of halogens is 1. The van der Waals surface area contributed by atoms with Gasteiger partial charge in [0.1, 0.15) is 0 Å². The van der Waals surface area contributed by atoms with Gasteiger partial charge in [0.05, 0.1) is 23.8 Å². The fourth-order valence-electron chi connectivity index (χ4n) is 1.22. The van der Waals surface area contributed by atoms with Gasteiger partial charge in [-0.25, -0.2) is 15.2 Å². The largest absolute Gasteiger partial charge is 0.396 e. The monoisotopic (exact) mass is 251 g/mol. The fourth-order valence-corrected chi connectivity index (χ4v) is 1.34. The van der Waals surface area contributed by atoms with Crippen LogP contribution < -0.4 is 11.2 Å². The highest BCUT2D eigenvalue weighted by Crippen LogP contribution is 2.16. The van der Waals surface area contributed by atoms with E-state index in [0.29, 0.717) is 16.4 Å². The first-order chi connectivity index (χ1) is 8.19. The molecule has 1 aromatic heterocycles. The Kier molecular flexibility index (Phi) is 3.27. The van der Waals surface area contributed by atoms with Gasteiger partial charge in [0, 0.05) is 5.02 Å². The van der Waals surface area contributed by atoms with Crippen LogP contribution in [-0.2, 0) is 0 Å². The minimum Gasteiger partial charge on any atom is -0.396 e. The van der Waals surface area contributed by atoms with Gasteiger partial charge in [-0.2, -0.15) is 5.10 Å². The van der Waals surface area contributed by atoms with Crippen LogP contribution in [0.1, 0.15) is 0 Å². The van der Waals surface area contributed by atoms with Gasteiger partial charge in [-0.15, -0.1) is 0 Å². The Labute approximate surface area is 102 Å². The van der Waals surface area contributed by atoms with Crippen molar-refractivity contribution in [2.75, 3.05) is 5.73 Å². The molecule has 0 saturated heterocycles. The summed E-state index contributed by atoms with van der Waals surface area (Å²) >= 11 is 5.75. The second-order valence-electron chi connectivity index (χ2n) is 3.24. The molecule has 0 amide bonds. The number of hydrogen-bond donors (Lipinski definition) is 3. The third-order valence-corrected chi connectivity index (χ3v) is 2.23. The van der Waals surface area contributed by atoms with E-state index < -0.39 is 0 Å². The Morgan fingerprint density at radius 1 is 1.41 bits per heavy atom. The normalized spacial score (nSPS) is 11.5. The van der Waals surface area contributed by atoms with Gasteiger partial charge < -0.3 is 5.73 Å². The molecule has 0 aliphatic rings. The molecule has 1 heterocycles. The topological polar surface area (TPSA) is 88.5 Å². The third-order valence-electron chi connectivity index (χ3n) is 1.98. The number of aliphatic imine (C=N–C) groups is 1. The molecule has 0 atom stereocenters. The number of rotatable bonds is 1. The zero-order chi connectivity index (χ0) is 12.3. The maximum atomic E-state index is 9.00. The lowest BCUT2D eigenvalue weighted by atomic mass is 10.3. The molecule has 0 aliphatic carbocycles. The van der Waals surface area contributed by atoms with Crippen molar-refractivity contribution in [3.63, 3.8) is 0 Å². The van der Waals surface area contributed by atoms with E-state index in [9.17, 15) is 0 Å². The molecule has 2 rings (SSSR count). The standard InChI is InChI=1S/C10H10ClN5O/c11-7-1-3-9(4-2-7)14-10(15-17)16-6-8(12)5-13-16/h1-6,17H,12H2,(H,14,15). The Morgan fingerprint density at radius 2 is 2.12 bits per heavy atom. The number of hydroxylamine groups is 1. The van der Waals surface area contributed by atoms with Crippen molar-refractivity contribution in [2.24, 2.45) is 4.99 Å². The number of benzene rings is 1. The van der Waals surface area contributed by atoms with Crippen molar-refractivity contribution in [3.05, 3.63) is 41.7 Å². The van der Waals surface area contributed by atoms with Crippen molar-refractivity contribution >= 4 is 28.9 Å². The molecule has 0 radical (unpaired) electrons. The lowest BCUT2D eigenvalue weighted by Gasteiger charge is -2.03. The van der Waals surface area contributed by atoms with E-state index in [2.05, 4.69) is 10.1 Å². The van der Waals surface area contributed by atoms with Crippen LogP contribution in [0.3, 0.4) is 0 Å². The first-order valence-electron chi connectivity index (χ1n) is 4.74. The van der Waals surface area contributed by atoms with E-state index in [1.165, 1.54) is 17.1 Å². The summed E-state index contributed by atoms with van der Waals surface area (Å²) in [7, 11) is 0. The van der Waals surface area contributed by atoms with Crippen LogP contribution in [-0.4, -0.2) is 20.9 Å². The van der Waals surface area contributed by atoms with Crippen molar-refractivity contribution in [3.8, 4) is 0 Å². The second kappa shape index (κ2) is 4.86. The molecule has 4 N–H and O–H groups in total. The molecule has 1 aromatic carbocycles. The SMILES string of the molecule is Nc1cnn(C(=Nc2ccc(Cl)cc2)NO)c1. The van der Waals surface area contributed by atoms with Crippen molar-refractivity contribution in [1.82, 2.24) is 15.3 Å². The number of anilines is 1. The Balaban J connectivity index is 2.32. The molecule has 0 aliphatic heterocycles. The van der Waals surface area contributed by atoms with E-state index in [4.69, 9.17) is 22.5 Å². The molecule has 0 bridgehead atoms. The zero-order valence-electron chi connectivity index (χ0n) is 8.71. The van der Waals surface area contributed by atoms with Gasteiger partial charge in [-0.3, -0.25) is 5.21 Å². The highest BCUT2D eigenvalue weighted by Gasteiger charge is 2.03. The van der Waals surface area contributed by atoms with Crippen LogP contribution >= 0.6 is 11.6 Å². The van der Waals surface area contributed by atoms with Gasteiger partial charge in [-0.1, -0.05) is 11.6 Å². The summed E-state index contributed by atoms with van der Waals surface area (Å²) in [4.78, 5) is 4.14. The summed E-state index contributed by atoms with van der Waals surface area (Å²) in [5.74, 6) is 0.143. The van der Waals surface area contributed by atoms with E-state index >= 15 is 0 Å². The van der Waals surface area contributed by atoms with E-state index in [1.54, 1.807) is 24.3 Å². The molecule has 88 valence electrons. The Hall–Kier alpha value is -2.05. The lowest BCUT2D eigenvalue weighted by Crippen LogP contribution is -2.27. The van der Waals surface area contributed by atoms with Gasteiger partial charge >= 0.3 is 0 Å². The minimum atomic E-state index is 0.143. The average molecular weight is 252 g/mol. The van der Waals surface area contributed by atoms with Gasteiger partial charge in [0.15, 0.2) is 0 Å². The molecule has 0 fully saturated rings. The number of nitrogens with two attached hydrogens (primary N) is 1. The predicted molar refractivity (Wildman–Crippen MR) is 65.5 cm³/mol. The number of nitrogens with zero attached hydrogens (tertiary/aromatic N) is 3. The molecular formula is C10H10ClN5O. The summed E-state index contributed by atoms with van der Waals surface area (Å²) in [6.07, 6.45) is 2.98. The summed E-state index contributed by atoms with van der Waals surface area (Å²) in [5, 5.41) is 13.5. The lowest BCUT2D eigenvalue weighted by molar-refractivity contribution is 0.229. The molecule has 0 spiro atoms. The molecule has 0 saturated carbocycles. The number of aromatic nitrogens is 2. The maximum Gasteiger partial charge on any atom is 0.248 e. The third kappa shape index (κ3) is 2.74. The van der Waals surface area contributed by atoms with E-state index in [0.717, 1.165) is 0 Å². The summed E-state index contributed by atoms with van der Waals surface area (Å²) in [6.45, 7) is 0. The maximum absolute atomic E-state index is 9.00. The van der Waals surface area contributed by atoms with Gasteiger partial charge in [-0.05, 0) is 24.3 Å².